The average molecular weight is 617 g/mol. The molecule has 1 atom stereocenters. The molecule has 4 aliphatic rings. The van der Waals surface area contributed by atoms with Crippen LogP contribution in [0.2, 0.25) is 0 Å². The van der Waals surface area contributed by atoms with Crippen LogP contribution >= 0.6 is 0 Å². The summed E-state index contributed by atoms with van der Waals surface area (Å²) in [7, 11) is 2.17. The summed E-state index contributed by atoms with van der Waals surface area (Å²) in [6.07, 6.45) is 3.09. The molecule has 0 saturated carbocycles. The van der Waals surface area contributed by atoms with E-state index in [9.17, 15) is 14.4 Å². The van der Waals surface area contributed by atoms with E-state index in [1.165, 1.54) is 0 Å². The van der Waals surface area contributed by atoms with E-state index >= 15 is 0 Å². The number of amides is 4. The zero-order valence-electron chi connectivity index (χ0n) is 26.8. The number of nitrogens with zero attached hydrogens (tertiary/aromatic N) is 5. The number of rotatable bonds is 6. The van der Waals surface area contributed by atoms with Crippen molar-refractivity contribution < 1.29 is 19.1 Å². The van der Waals surface area contributed by atoms with E-state index in [2.05, 4.69) is 34.3 Å². The van der Waals surface area contributed by atoms with Crippen LogP contribution in [0, 0.1) is 6.92 Å². The van der Waals surface area contributed by atoms with Gasteiger partial charge in [-0.25, -0.2) is 9.59 Å². The number of nitrogens with one attached hydrogen (secondary N) is 1. The zero-order valence-corrected chi connectivity index (χ0v) is 26.8. The second-order valence-electron chi connectivity index (χ2n) is 13.2. The molecule has 3 saturated heterocycles. The van der Waals surface area contributed by atoms with Gasteiger partial charge in [0, 0.05) is 83.1 Å². The molecule has 4 amide bonds. The summed E-state index contributed by atoms with van der Waals surface area (Å²) in [5.41, 5.74) is 4.11. The molecule has 4 aliphatic heterocycles. The number of para-hydroxylation sites is 1. The van der Waals surface area contributed by atoms with Gasteiger partial charge in [0.25, 0.3) is 5.91 Å². The van der Waals surface area contributed by atoms with E-state index in [0.29, 0.717) is 58.0 Å². The standard InChI is InChI=1S/C35H48N6O4/c1-26-6-5-7-27(24-26)25-32(33(42)39-15-11-29(12-16-39)38-22-20-37(2)21-23-38)45-35(44)40-17-13-30(14-18-40)41-19-10-28-8-3-4-9-31(28)36-34(41)43/h3-9,24,29-30,32H,10-23,25H2,1-2H3,(H,36,43). The van der Waals surface area contributed by atoms with E-state index in [1.807, 2.05) is 53.1 Å². The van der Waals surface area contributed by atoms with Crippen molar-refractivity contribution in [1.29, 1.82) is 0 Å². The number of piperidine rings is 2. The summed E-state index contributed by atoms with van der Waals surface area (Å²) in [5, 5.41) is 3.06. The van der Waals surface area contributed by atoms with Gasteiger partial charge in [-0.2, -0.15) is 0 Å². The molecule has 10 heteroatoms. The Balaban J connectivity index is 1.05. The van der Waals surface area contributed by atoms with Crippen LogP contribution in [0.25, 0.3) is 0 Å². The highest BCUT2D eigenvalue weighted by Crippen LogP contribution is 2.26. The molecule has 0 aromatic heterocycles. The van der Waals surface area contributed by atoms with Crippen LogP contribution in [0.3, 0.4) is 0 Å². The zero-order chi connectivity index (χ0) is 31.3. The van der Waals surface area contributed by atoms with Crippen LogP contribution in [-0.2, 0) is 22.4 Å². The predicted molar refractivity (Wildman–Crippen MR) is 174 cm³/mol. The number of hydrogen-bond donors (Lipinski definition) is 1. The minimum atomic E-state index is -0.868. The summed E-state index contributed by atoms with van der Waals surface area (Å²) in [4.78, 5) is 50.9. The highest BCUT2D eigenvalue weighted by atomic mass is 16.6. The smallest absolute Gasteiger partial charge is 0.410 e. The number of carbonyl (C=O) groups excluding carboxylic acids is 3. The summed E-state index contributed by atoms with van der Waals surface area (Å²) < 4.78 is 6.05. The van der Waals surface area contributed by atoms with Gasteiger partial charge in [-0.3, -0.25) is 9.69 Å². The second-order valence-corrected chi connectivity index (χ2v) is 13.2. The average Bonchev–Trinajstić information content (AvgIpc) is 3.22. The van der Waals surface area contributed by atoms with Crippen molar-refractivity contribution in [3.05, 3.63) is 65.2 Å². The van der Waals surface area contributed by atoms with Crippen LogP contribution in [0.5, 0.6) is 0 Å². The van der Waals surface area contributed by atoms with Gasteiger partial charge in [0.1, 0.15) is 0 Å². The largest absolute Gasteiger partial charge is 0.436 e. The Hall–Kier alpha value is -3.63. The number of likely N-dealkylation sites (N-methyl/N-ethyl adjacent to an activating group) is 1. The number of urea groups is 1. The van der Waals surface area contributed by atoms with Gasteiger partial charge in [0.15, 0.2) is 6.10 Å². The molecule has 1 N–H and O–H groups in total. The van der Waals surface area contributed by atoms with E-state index in [1.54, 1.807) is 4.90 Å². The summed E-state index contributed by atoms with van der Waals surface area (Å²) in [5.74, 6) is -0.0997. The predicted octanol–water partition coefficient (Wildman–Crippen LogP) is 3.84. The molecule has 4 heterocycles. The fourth-order valence-corrected chi connectivity index (χ4v) is 7.37. The SMILES string of the molecule is Cc1cccc(CC(OC(=O)N2CCC(N3CCc4ccccc4NC3=O)CC2)C(=O)N2CCC(N3CCN(C)CC3)CC2)c1. The van der Waals surface area contributed by atoms with Gasteiger partial charge in [0.05, 0.1) is 0 Å². The number of benzene rings is 2. The van der Waals surface area contributed by atoms with Crippen molar-refractivity contribution in [3.63, 3.8) is 0 Å². The molecule has 1 unspecified atom stereocenters. The van der Waals surface area contributed by atoms with E-state index in [0.717, 1.165) is 67.8 Å². The number of aryl methyl sites for hydroxylation is 1. The summed E-state index contributed by atoms with van der Waals surface area (Å²) in [6.45, 7) is 9.36. The molecule has 2 aromatic rings. The first-order chi connectivity index (χ1) is 21.8. The number of likely N-dealkylation sites (tertiary alicyclic amines) is 2. The lowest BCUT2D eigenvalue weighted by molar-refractivity contribution is -0.142. The molecule has 45 heavy (non-hydrogen) atoms. The highest BCUT2D eigenvalue weighted by molar-refractivity contribution is 5.91. The van der Waals surface area contributed by atoms with Gasteiger partial charge in [-0.1, -0.05) is 48.0 Å². The Bertz CT molecular complexity index is 1350. The highest BCUT2D eigenvalue weighted by Gasteiger charge is 2.36. The van der Waals surface area contributed by atoms with Crippen LogP contribution < -0.4 is 5.32 Å². The Morgan fingerprint density at radius 1 is 0.844 bits per heavy atom. The maximum absolute atomic E-state index is 13.9. The molecule has 242 valence electrons. The van der Waals surface area contributed by atoms with Crippen LogP contribution in [0.15, 0.2) is 48.5 Å². The molecular weight excluding hydrogens is 568 g/mol. The third-order valence-corrected chi connectivity index (χ3v) is 10.2. The summed E-state index contributed by atoms with van der Waals surface area (Å²) in [6, 6.07) is 16.5. The van der Waals surface area contributed by atoms with Crippen LogP contribution in [-0.4, -0.2) is 127 Å². The van der Waals surface area contributed by atoms with Gasteiger partial charge < -0.3 is 29.7 Å². The van der Waals surface area contributed by atoms with E-state index in [-0.39, 0.29) is 18.0 Å². The van der Waals surface area contributed by atoms with E-state index in [4.69, 9.17) is 4.74 Å². The number of ether oxygens (including phenoxy) is 1. The summed E-state index contributed by atoms with van der Waals surface area (Å²) >= 11 is 0. The monoisotopic (exact) mass is 616 g/mol. The molecule has 6 rings (SSSR count). The number of fused-ring (bicyclic) bond motifs is 1. The quantitative estimate of drug-likeness (QED) is 0.531. The van der Waals surface area contributed by atoms with Crippen molar-refractivity contribution in [3.8, 4) is 0 Å². The van der Waals surface area contributed by atoms with Gasteiger partial charge in [-0.15, -0.1) is 0 Å². The van der Waals surface area contributed by atoms with Crippen LogP contribution in [0.4, 0.5) is 15.3 Å². The molecule has 0 spiro atoms. The lowest BCUT2D eigenvalue weighted by Crippen LogP contribution is -2.54. The Kier molecular flexibility index (Phi) is 9.90. The van der Waals surface area contributed by atoms with Gasteiger partial charge in [0.2, 0.25) is 0 Å². The molecular formula is C35H48N6O4. The first-order valence-corrected chi connectivity index (χ1v) is 16.7. The molecule has 2 aromatic carbocycles. The Morgan fingerprint density at radius 2 is 1.53 bits per heavy atom. The van der Waals surface area contributed by atoms with Gasteiger partial charge in [-0.05, 0) is 63.3 Å². The Morgan fingerprint density at radius 3 is 2.27 bits per heavy atom. The first-order valence-electron chi connectivity index (χ1n) is 16.7. The normalized spacial score (nSPS) is 21.6. The van der Waals surface area contributed by atoms with Gasteiger partial charge >= 0.3 is 12.1 Å². The molecule has 10 nitrogen and oxygen atoms in total. The van der Waals surface area contributed by atoms with Crippen molar-refractivity contribution >= 4 is 23.7 Å². The van der Waals surface area contributed by atoms with Crippen molar-refractivity contribution in [2.45, 2.75) is 63.6 Å². The van der Waals surface area contributed by atoms with Crippen molar-refractivity contribution in [2.75, 3.05) is 71.3 Å². The minimum Gasteiger partial charge on any atom is -0.436 e. The number of anilines is 1. The van der Waals surface area contributed by atoms with Crippen molar-refractivity contribution in [1.82, 2.24) is 24.5 Å². The fraction of sp³-hybridized carbons (Fsp3) is 0.571. The first kappa shape index (κ1) is 31.4. The topological polar surface area (TPSA) is 88.7 Å². The lowest BCUT2D eigenvalue weighted by Gasteiger charge is -2.42. The Labute approximate surface area is 267 Å². The number of piperazine rings is 1. The van der Waals surface area contributed by atoms with Crippen LogP contribution in [0.1, 0.15) is 42.4 Å². The third-order valence-electron chi connectivity index (χ3n) is 10.2. The molecule has 3 fully saturated rings. The fourth-order valence-electron chi connectivity index (χ4n) is 7.37. The second kappa shape index (κ2) is 14.2. The maximum atomic E-state index is 13.9. The third kappa shape index (κ3) is 7.61. The van der Waals surface area contributed by atoms with Crippen molar-refractivity contribution in [2.24, 2.45) is 0 Å². The maximum Gasteiger partial charge on any atom is 0.410 e. The molecule has 0 radical (unpaired) electrons. The van der Waals surface area contributed by atoms with E-state index < -0.39 is 12.2 Å². The lowest BCUT2D eigenvalue weighted by atomic mass is 10.00. The minimum absolute atomic E-state index is 0.0506. The molecule has 0 bridgehead atoms. The molecule has 0 aliphatic carbocycles. The number of carbonyl (C=O) groups is 3. The number of hydrogen-bond acceptors (Lipinski definition) is 6.